The van der Waals surface area contributed by atoms with E-state index in [9.17, 15) is 0 Å². The highest BCUT2D eigenvalue weighted by Crippen LogP contribution is 2.31. The number of nitrogen functional groups attached to an aromatic ring is 1. The SMILES string of the molecule is CSC1CCCC(Nc2ccnc3cc(N)ccc23)C1. The lowest BCUT2D eigenvalue weighted by Gasteiger charge is -2.29. The number of benzene rings is 1. The molecular weight excluding hydrogens is 266 g/mol. The Bertz CT molecular complexity index is 599. The highest BCUT2D eigenvalue weighted by atomic mass is 32.2. The van der Waals surface area contributed by atoms with Crippen LogP contribution in [-0.2, 0) is 0 Å². The molecule has 1 fully saturated rings. The second kappa shape index (κ2) is 5.92. The van der Waals surface area contributed by atoms with Crippen molar-refractivity contribution in [3.8, 4) is 0 Å². The van der Waals surface area contributed by atoms with Gasteiger partial charge in [0.15, 0.2) is 0 Å². The number of fused-ring (bicyclic) bond motifs is 1. The lowest BCUT2D eigenvalue weighted by atomic mass is 9.94. The first-order valence-corrected chi connectivity index (χ1v) is 8.48. The van der Waals surface area contributed by atoms with Crippen LogP contribution in [0.3, 0.4) is 0 Å². The van der Waals surface area contributed by atoms with Crippen molar-refractivity contribution in [2.24, 2.45) is 0 Å². The molecule has 0 spiro atoms. The van der Waals surface area contributed by atoms with Crippen LogP contribution in [0.1, 0.15) is 25.7 Å². The van der Waals surface area contributed by atoms with Crippen LogP contribution < -0.4 is 11.1 Å². The molecule has 3 N–H and O–H groups in total. The fraction of sp³-hybridized carbons (Fsp3) is 0.438. The molecule has 3 nitrogen and oxygen atoms in total. The third kappa shape index (κ3) is 2.85. The summed E-state index contributed by atoms with van der Waals surface area (Å²) in [6.45, 7) is 0. The minimum atomic E-state index is 0.573. The lowest BCUT2D eigenvalue weighted by Crippen LogP contribution is -2.28. The van der Waals surface area contributed by atoms with Gasteiger partial charge in [0.2, 0.25) is 0 Å². The van der Waals surface area contributed by atoms with E-state index in [1.807, 2.05) is 30.1 Å². The lowest BCUT2D eigenvalue weighted by molar-refractivity contribution is 0.474. The van der Waals surface area contributed by atoms with Gasteiger partial charge in [-0.05, 0) is 49.8 Å². The number of pyridine rings is 1. The van der Waals surface area contributed by atoms with Gasteiger partial charge >= 0.3 is 0 Å². The summed E-state index contributed by atoms with van der Waals surface area (Å²) in [6, 6.07) is 8.59. The first-order chi connectivity index (χ1) is 9.76. The van der Waals surface area contributed by atoms with Crippen LogP contribution in [0.4, 0.5) is 11.4 Å². The Labute approximate surface area is 124 Å². The Balaban J connectivity index is 1.83. The van der Waals surface area contributed by atoms with Gasteiger partial charge in [-0.1, -0.05) is 6.42 Å². The van der Waals surface area contributed by atoms with Crippen molar-refractivity contribution < 1.29 is 0 Å². The van der Waals surface area contributed by atoms with E-state index in [1.165, 1.54) is 31.4 Å². The van der Waals surface area contributed by atoms with Crippen molar-refractivity contribution in [3.63, 3.8) is 0 Å². The zero-order chi connectivity index (χ0) is 13.9. The van der Waals surface area contributed by atoms with Gasteiger partial charge in [-0.2, -0.15) is 11.8 Å². The van der Waals surface area contributed by atoms with E-state index in [-0.39, 0.29) is 0 Å². The highest BCUT2D eigenvalue weighted by Gasteiger charge is 2.21. The first-order valence-electron chi connectivity index (χ1n) is 7.20. The quantitative estimate of drug-likeness (QED) is 0.841. The maximum absolute atomic E-state index is 5.83. The number of nitrogens with two attached hydrogens (primary N) is 1. The fourth-order valence-corrected chi connectivity index (χ4v) is 3.83. The van der Waals surface area contributed by atoms with E-state index in [0.717, 1.165) is 21.8 Å². The number of rotatable bonds is 3. The smallest absolute Gasteiger partial charge is 0.0743 e. The van der Waals surface area contributed by atoms with Gasteiger partial charge in [0.1, 0.15) is 0 Å². The van der Waals surface area contributed by atoms with E-state index >= 15 is 0 Å². The Morgan fingerprint density at radius 2 is 2.20 bits per heavy atom. The number of hydrogen-bond donors (Lipinski definition) is 2. The van der Waals surface area contributed by atoms with Crippen molar-refractivity contribution >= 4 is 34.0 Å². The van der Waals surface area contributed by atoms with Gasteiger partial charge in [0.25, 0.3) is 0 Å². The molecule has 1 aromatic carbocycles. The van der Waals surface area contributed by atoms with Crippen LogP contribution in [0.15, 0.2) is 30.5 Å². The third-order valence-corrected chi connectivity index (χ3v) is 5.18. The molecule has 2 unspecified atom stereocenters. The van der Waals surface area contributed by atoms with E-state index in [1.54, 1.807) is 0 Å². The van der Waals surface area contributed by atoms with Crippen LogP contribution in [-0.4, -0.2) is 22.5 Å². The molecule has 0 radical (unpaired) electrons. The zero-order valence-corrected chi connectivity index (χ0v) is 12.6. The van der Waals surface area contributed by atoms with Crippen molar-refractivity contribution in [3.05, 3.63) is 30.5 Å². The Kier molecular flexibility index (Phi) is 4.01. The molecule has 3 rings (SSSR count). The van der Waals surface area contributed by atoms with Crippen molar-refractivity contribution in [2.45, 2.75) is 37.0 Å². The second-order valence-corrected chi connectivity index (χ2v) is 6.64. The molecule has 0 bridgehead atoms. The Morgan fingerprint density at radius 1 is 1.30 bits per heavy atom. The molecule has 1 aromatic heterocycles. The van der Waals surface area contributed by atoms with Crippen LogP contribution >= 0.6 is 11.8 Å². The molecule has 106 valence electrons. The van der Waals surface area contributed by atoms with Crippen molar-refractivity contribution in [1.82, 2.24) is 4.98 Å². The second-order valence-electron chi connectivity index (χ2n) is 5.50. The van der Waals surface area contributed by atoms with E-state index in [2.05, 4.69) is 28.7 Å². The topological polar surface area (TPSA) is 50.9 Å². The summed E-state index contributed by atoms with van der Waals surface area (Å²) in [4.78, 5) is 4.40. The zero-order valence-electron chi connectivity index (χ0n) is 11.8. The van der Waals surface area contributed by atoms with E-state index in [0.29, 0.717) is 6.04 Å². The maximum Gasteiger partial charge on any atom is 0.0743 e. The molecule has 1 saturated carbocycles. The van der Waals surface area contributed by atoms with E-state index < -0.39 is 0 Å². The number of anilines is 2. The summed E-state index contributed by atoms with van der Waals surface area (Å²) in [5.74, 6) is 0. The number of thioether (sulfide) groups is 1. The maximum atomic E-state index is 5.83. The van der Waals surface area contributed by atoms with Gasteiger partial charge in [-0.15, -0.1) is 0 Å². The summed E-state index contributed by atoms with van der Waals surface area (Å²) < 4.78 is 0. The Hall–Kier alpha value is -1.42. The predicted molar refractivity (Wildman–Crippen MR) is 89.3 cm³/mol. The van der Waals surface area contributed by atoms with Crippen LogP contribution in [0, 0.1) is 0 Å². The fourth-order valence-electron chi connectivity index (χ4n) is 3.00. The molecule has 2 aromatic rings. The van der Waals surface area contributed by atoms with Crippen LogP contribution in [0.5, 0.6) is 0 Å². The van der Waals surface area contributed by atoms with Crippen molar-refractivity contribution in [2.75, 3.05) is 17.3 Å². The number of nitrogens with one attached hydrogen (secondary N) is 1. The van der Waals surface area contributed by atoms with Gasteiger partial charge in [0.05, 0.1) is 5.52 Å². The molecule has 2 atom stereocenters. The van der Waals surface area contributed by atoms with Gasteiger partial charge in [-0.3, -0.25) is 4.98 Å². The number of aromatic nitrogens is 1. The average Bonchev–Trinajstić information content (AvgIpc) is 2.47. The Morgan fingerprint density at radius 3 is 3.05 bits per heavy atom. The highest BCUT2D eigenvalue weighted by molar-refractivity contribution is 7.99. The minimum Gasteiger partial charge on any atom is -0.399 e. The number of hydrogen-bond acceptors (Lipinski definition) is 4. The van der Waals surface area contributed by atoms with Gasteiger partial charge < -0.3 is 11.1 Å². The molecule has 0 saturated heterocycles. The molecule has 20 heavy (non-hydrogen) atoms. The average molecular weight is 287 g/mol. The summed E-state index contributed by atoms with van der Waals surface area (Å²) in [7, 11) is 0. The predicted octanol–water partition coefficient (Wildman–Crippen LogP) is 3.90. The molecule has 0 amide bonds. The van der Waals surface area contributed by atoms with Gasteiger partial charge in [0, 0.05) is 34.2 Å². The van der Waals surface area contributed by atoms with Crippen molar-refractivity contribution in [1.29, 1.82) is 0 Å². The first kappa shape index (κ1) is 13.6. The molecule has 1 aliphatic rings. The largest absolute Gasteiger partial charge is 0.399 e. The monoisotopic (exact) mass is 287 g/mol. The summed E-state index contributed by atoms with van der Waals surface area (Å²) >= 11 is 2.00. The summed E-state index contributed by atoms with van der Waals surface area (Å²) in [6.07, 6.45) is 9.26. The number of nitrogens with zero attached hydrogens (tertiary/aromatic N) is 1. The summed E-state index contributed by atoms with van der Waals surface area (Å²) in [5.41, 5.74) is 8.74. The molecule has 1 aliphatic carbocycles. The normalized spacial score (nSPS) is 22.9. The minimum absolute atomic E-state index is 0.573. The van der Waals surface area contributed by atoms with Crippen LogP contribution in [0.2, 0.25) is 0 Å². The molecular formula is C16H21N3S. The van der Waals surface area contributed by atoms with E-state index in [4.69, 9.17) is 5.73 Å². The molecule has 0 aliphatic heterocycles. The van der Waals surface area contributed by atoms with Crippen LogP contribution in [0.25, 0.3) is 10.9 Å². The summed E-state index contributed by atoms with van der Waals surface area (Å²) in [5, 5.41) is 5.67. The standard InChI is InChI=1S/C16H21N3S/c1-20-13-4-2-3-12(10-13)19-15-7-8-18-16-9-11(17)5-6-14(15)16/h5-9,12-13H,2-4,10,17H2,1H3,(H,18,19). The molecule has 1 heterocycles. The van der Waals surface area contributed by atoms with Gasteiger partial charge in [-0.25, -0.2) is 0 Å². The molecule has 4 heteroatoms. The third-order valence-electron chi connectivity index (χ3n) is 4.09.